The second kappa shape index (κ2) is 7.06. The van der Waals surface area contributed by atoms with Gasteiger partial charge in [-0.05, 0) is 18.8 Å². The molecule has 1 fully saturated rings. The van der Waals surface area contributed by atoms with E-state index >= 15 is 0 Å². The van der Waals surface area contributed by atoms with E-state index in [9.17, 15) is 8.42 Å². The lowest BCUT2D eigenvalue weighted by Crippen LogP contribution is -2.48. The number of hydrogen-bond acceptors (Lipinski definition) is 4. The molecule has 1 aliphatic rings. The minimum atomic E-state index is -3.44. The zero-order chi connectivity index (χ0) is 14.5. The molecule has 1 heterocycles. The Morgan fingerprint density at radius 1 is 1.58 bits per heavy atom. The number of nitrogens with zero attached hydrogens (tertiary/aromatic N) is 3. The van der Waals surface area contributed by atoms with E-state index in [2.05, 4.69) is 12.1 Å². The van der Waals surface area contributed by atoms with E-state index < -0.39 is 10.2 Å². The summed E-state index contributed by atoms with van der Waals surface area (Å²) in [7, 11) is -3.44. The Morgan fingerprint density at radius 2 is 2.26 bits per heavy atom. The molecular formula is C11H24N4O3S. The maximum absolute atomic E-state index is 12.5. The Hall–Kier alpha value is -0.860. The summed E-state index contributed by atoms with van der Waals surface area (Å²) in [6.45, 7) is 5.62. The average molecular weight is 292 g/mol. The van der Waals surface area contributed by atoms with E-state index in [1.54, 1.807) is 6.92 Å². The molecule has 0 saturated carbocycles. The van der Waals surface area contributed by atoms with Crippen molar-refractivity contribution in [2.75, 3.05) is 26.2 Å². The number of amidine groups is 1. The molecule has 1 saturated heterocycles. The molecule has 0 aromatic carbocycles. The van der Waals surface area contributed by atoms with Crippen LogP contribution >= 0.6 is 0 Å². The first-order valence-corrected chi connectivity index (χ1v) is 8.03. The van der Waals surface area contributed by atoms with Gasteiger partial charge in [0.1, 0.15) is 5.84 Å². The molecule has 1 rings (SSSR count). The largest absolute Gasteiger partial charge is 0.409 e. The fourth-order valence-corrected chi connectivity index (χ4v) is 4.02. The van der Waals surface area contributed by atoms with Gasteiger partial charge in [0.2, 0.25) is 0 Å². The van der Waals surface area contributed by atoms with Gasteiger partial charge in [0.05, 0.1) is 0 Å². The van der Waals surface area contributed by atoms with Crippen LogP contribution in [-0.2, 0) is 10.2 Å². The molecule has 1 atom stereocenters. The van der Waals surface area contributed by atoms with Crippen LogP contribution in [0.3, 0.4) is 0 Å². The highest BCUT2D eigenvalue weighted by atomic mass is 32.2. The van der Waals surface area contributed by atoms with Gasteiger partial charge in [-0.3, -0.25) is 0 Å². The lowest BCUT2D eigenvalue weighted by molar-refractivity contribution is 0.259. The first-order chi connectivity index (χ1) is 8.91. The Labute approximate surface area is 115 Å². The van der Waals surface area contributed by atoms with Crippen LogP contribution in [0.4, 0.5) is 0 Å². The van der Waals surface area contributed by atoms with Crippen molar-refractivity contribution in [3.8, 4) is 0 Å². The van der Waals surface area contributed by atoms with Crippen LogP contribution in [-0.4, -0.2) is 54.3 Å². The quantitative estimate of drug-likeness (QED) is 0.321. The minimum absolute atomic E-state index is 0.0423. The van der Waals surface area contributed by atoms with Gasteiger partial charge in [0.15, 0.2) is 0 Å². The topological polar surface area (TPSA) is 99.2 Å². The first kappa shape index (κ1) is 16.2. The standard InChI is InChI=1S/C11H24N4O3S/c1-3-14(8-6-11(12)13-16)19(17,18)15-7-4-5-10(2)9-15/h10,16H,3-9H2,1-2H3,(H2,12,13). The van der Waals surface area contributed by atoms with Crippen LogP contribution in [0.25, 0.3) is 0 Å². The monoisotopic (exact) mass is 292 g/mol. The molecule has 3 N–H and O–H groups in total. The van der Waals surface area contributed by atoms with Crippen molar-refractivity contribution in [2.45, 2.75) is 33.1 Å². The molecule has 0 spiro atoms. The fraction of sp³-hybridized carbons (Fsp3) is 0.909. The van der Waals surface area contributed by atoms with Crippen LogP contribution < -0.4 is 5.73 Å². The molecule has 19 heavy (non-hydrogen) atoms. The van der Waals surface area contributed by atoms with Gasteiger partial charge in [0.25, 0.3) is 10.2 Å². The van der Waals surface area contributed by atoms with E-state index in [-0.39, 0.29) is 18.8 Å². The Balaban J connectivity index is 2.71. The van der Waals surface area contributed by atoms with Crippen LogP contribution in [0.5, 0.6) is 0 Å². The molecule has 1 aliphatic heterocycles. The smallest absolute Gasteiger partial charge is 0.281 e. The summed E-state index contributed by atoms with van der Waals surface area (Å²) in [5.41, 5.74) is 5.38. The third-order valence-corrected chi connectivity index (χ3v) is 5.45. The van der Waals surface area contributed by atoms with Crippen LogP contribution in [0.15, 0.2) is 5.16 Å². The molecule has 7 nitrogen and oxygen atoms in total. The summed E-state index contributed by atoms with van der Waals surface area (Å²) in [4.78, 5) is 0. The number of rotatable bonds is 6. The SMILES string of the molecule is CCN(CCC(N)=NO)S(=O)(=O)N1CCCC(C)C1. The van der Waals surface area contributed by atoms with Crippen molar-refractivity contribution in [2.24, 2.45) is 16.8 Å². The van der Waals surface area contributed by atoms with Crippen LogP contribution in [0.1, 0.15) is 33.1 Å². The van der Waals surface area contributed by atoms with E-state index in [0.717, 1.165) is 12.8 Å². The third kappa shape index (κ3) is 4.32. The van der Waals surface area contributed by atoms with Gasteiger partial charge in [0, 0.05) is 32.6 Å². The highest BCUT2D eigenvalue weighted by Crippen LogP contribution is 2.20. The van der Waals surface area contributed by atoms with Crippen molar-refractivity contribution in [3.63, 3.8) is 0 Å². The molecule has 0 aromatic heterocycles. The Kier molecular flexibility index (Phi) is 6.02. The van der Waals surface area contributed by atoms with Crippen LogP contribution in [0, 0.1) is 5.92 Å². The highest BCUT2D eigenvalue weighted by Gasteiger charge is 2.31. The first-order valence-electron chi connectivity index (χ1n) is 6.63. The summed E-state index contributed by atoms with van der Waals surface area (Å²) < 4.78 is 27.9. The summed E-state index contributed by atoms with van der Waals surface area (Å²) in [5, 5.41) is 11.4. The second-order valence-corrected chi connectivity index (χ2v) is 6.87. The maximum atomic E-state index is 12.5. The van der Waals surface area contributed by atoms with Crippen molar-refractivity contribution < 1.29 is 13.6 Å². The molecule has 0 aromatic rings. The Morgan fingerprint density at radius 3 is 2.79 bits per heavy atom. The Bertz CT molecular complexity index is 410. The van der Waals surface area contributed by atoms with Gasteiger partial charge < -0.3 is 10.9 Å². The summed E-state index contributed by atoms with van der Waals surface area (Å²) in [6, 6.07) is 0. The van der Waals surface area contributed by atoms with Gasteiger partial charge in [-0.1, -0.05) is 19.0 Å². The van der Waals surface area contributed by atoms with Crippen molar-refractivity contribution in [1.82, 2.24) is 8.61 Å². The van der Waals surface area contributed by atoms with Crippen molar-refractivity contribution in [1.29, 1.82) is 0 Å². The number of hydrogen-bond donors (Lipinski definition) is 2. The van der Waals surface area contributed by atoms with E-state index in [4.69, 9.17) is 10.9 Å². The van der Waals surface area contributed by atoms with Crippen molar-refractivity contribution >= 4 is 16.0 Å². The van der Waals surface area contributed by atoms with E-state index in [1.807, 2.05) is 0 Å². The fourth-order valence-electron chi connectivity index (χ4n) is 2.25. The molecular weight excluding hydrogens is 268 g/mol. The molecule has 0 aliphatic carbocycles. The van der Waals surface area contributed by atoms with Gasteiger partial charge in [-0.25, -0.2) is 0 Å². The molecule has 112 valence electrons. The molecule has 0 radical (unpaired) electrons. The van der Waals surface area contributed by atoms with Gasteiger partial charge in [-0.15, -0.1) is 0 Å². The number of piperidine rings is 1. The maximum Gasteiger partial charge on any atom is 0.281 e. The predicted octanol–water partition coefficient (Wildman–Crippen LogP) is 0.422. The summed E-state index contributed by atoms with van der Waals surface area (Å²) >= 11 is 0. The molecule has 0 amide bonds. The summed E-state index contributed by atoms with van der Waals surface area (Å²) in [5.74, 6) is 0.437. The summed E-state index contributed by atoms with van der Waals surface area (Å²) in [6.07, 6.45) is 2.20. The van der Waals surface area contributed by atoms with Gasteiger partial charge >= 0.3 is 0 Å². The normalized spacial score (nSPS) is 22.9. The second-order valence-electron chi connectivity index (χ2n) is 4.95. The molecule has 0 bridgehead atoms. The van der Waals surface area contributed by atoms with E-state index in [0.29, 0.717) is 25.6 Å². The highest BCUT2D eigenvalue weighted by molar-refractivity contribution is 7.86. The van der Waals surface area contributed by atoms with E-state index in [1.165, 1.54) is 8.61 Å². The zero-order valence-electron chi connectivity index (χ0n) is 11.6. The van der Waals surface area contributed by atoms with Gasteiger partial charge in [-0.2, -0.15) is 17.0 Å². The lowest BCUT2D eigenvalue weighted by Gasteiger charge is -2.34. The lowest BCUT2D eigenvalue weighted by atomic mass is 10.0. The zero-order valence-corrected chi connectivity index (χ0v) is 12.4. The average Bonchev–Trinajstić information content (AvgIpc) is 2.38. The number of oxime groups is 1. The van der Waals surface area contributed by atoms with Crippen molar-refractivity contribution in [3.05, 3.63) is 0 Å². The molecule has 1 unspecified atom stereocenters. The van der Waals surface area contributed by atoms with Crippen LogP contribution in [0.2, 0.25) is 0 Å². The predicted molar refractivity (Wildman–Crippen MR) is 74.2 cm³/mol. The number of nitrogens with two attached hydrogens (primary N) is 1. The molecule has 8 heteroatoms. The third-order valence-electron chi connectivity index (χ3n) is 3.37. The minimum Gasteiger partial charge on any atom is -0.409 e.